The highest BCUT2D eigenvalue weighted by molar-refractivity contribution is 7.89. The van der Waals surface area contributed by atoms with Gasteiger partial charge in [-0.1, -0.05) is 13.0 Å². The summed E-state index contributed by atoms with van der Waals surface area (Å²) >= 11 is 0. The number of carbonyl (C=O) groups excluding carboxylic acids is 1. The molecule has 0 fully saturated rings. The van der Waals surface area contributed by atoms with E-state index in [1.54, 1.807) is 13.8 Å². The van der Waals surface area contributed by atoms with E-state index in [9.17, 15) is 18.0 Å². The van der Waals surface area contributed by atoms with Crippen molar-refractivity contribution in [3.05, 3.63) is 29.3 Å². The number of amides is 1. The van der Waals surface area contributed by atoms with Gasteiger partial charge < -0.3 is 10.8 Å². The Morgan fingerprint density at radius 3 is 2.43 bits per heavy atom. The van der Waals surface area contributed by atoms with Gasteiger partial charge in [-0.2, -0.15) is 4.31 Å². The summed E-state index contributed by atoms with van der Waals surface area (Å²) in [6.45, 7) is 2.83. The smallest absolute Gasteiger partial charge is 0.318 e. The lowest BCUT2D eigenvalue weighted by atomic mass is 10.1. The number of rotatable bonds is 7. The number of sulfonamides is 1. The fourth-order valence-electron chi connectivity index (χ4n) is 1.86. The van der Waals surface area contributed by atoms with E-state index in [0.29, 0.717) is 12.0 Å². The molecule has 8 heteroatoms. The molecule has 0 aliphatic carbocycles. The van der Waals surface area contributed by atoms with Crippen LogP contribution in [-0.2, 0) is 14.8 Å². The largest absolute Gasteiger partial charge is 0.480 e. The van der Waals surface area contributed by atoms with Crippen molar-refractivity contribution < 1.29 is 23.1 Å². The highest BCUT2D eigenvalue weighted by atomic mass is 32.2. The molecule has 0 radical (unpaired) electrons. The van der Waals surface area contributed by atoms with E-state index in [0.717, 1.165) is 4.31 Å². The zero-order chi connectivity index (χ0) is 16.2. The van der Waals surface area contributed by atoms with Gasteiger partial charge in [0, 0.05) is 12.1 Å². The number of benzene rings is 1. The van der Waals surface area contributed by atoms with Gasteiger partial charge in [-0.25, -0.2) is 8.42 Å². The molecule has 0 bridgehead atoms. The summed E-state index contributed by atoms with van der Waals surface area (Å²) in [5.74, 6) is -1.97. The van der Waals surface area contributed by atoms with E-state index < -0.39 is 28.4 Å². The Morgan fingerprint density at radius 2 is 1.95 bits per heavy atom. The maximum Gasteiger partial charge on any atom is 0.318 e. The first-order chi connectivity index (χ1) is 9.70. The van der Waals surface area contributed by atoms with Crippen LogP contribution in [0.2, 0.25) is 0 Å². The second kappa shape index (κ2) is 6.68. The molecule has 0 saturated carbocycles. The third kappa shape index (κ3) is 4.02. The predicted molar refractivity (Wildman–Crippen MR) is 76.4 cm³/mol. The van der Waals surface area contributed by atoms with Gasteiger partial charge in [0.2, 0.25) is 15.9 Å². The quantitative estimate of drug-likeness (QED) is 0.763. The van der Waals surface area contributed by atoms with Crippen molar-refractivity contribution >= 4 is 21.9 Å². The minimum Gasteiger partial charge on any atom is -0.480 e. The van der Waals surface area contributed by atoms with Gasteiger partial charge >= 0.3 is 5.97 Å². The number of nitrogens with two attached hydrogens (primary N) is 1. The third-order valence-corrected chi connectivity index (χ3v) is 4.74. The van der Waals surface area contributed by atoms with Gasteiger partial charge in [-0.3, -0.25) is 9.59 Å². The molecule has 0 aliphatic heterocycles. The van der Waals surface area contributed by atoms with Crippen molar-refractivity contribution in [1.82, 2.24) is 4.31 Å². The van der Waals surface area contributed by atoms with E-state index in [1.807, 2.05) is 0 Å². The Hall–Kier alpha value is -1.93. The first-order valence-corrected chi connectivity index (χ1v) is 7.76. The van der Waals surface area contributed by atoms with Crippen molar-refractivity contribution in [3.8, 4) is 0 Å². The molecule has 0 aliphatic rings. The number of aliphatic carboxylic acids is 1. The lowest BCUT2D eigenvalue weighted by Crippen LogP contribution is -2.36. The molecular weight excluding hydrogens is 296 g/mol. The Morgan fingerprint density at radius 1 is 1.33 bits per heavy atom. The Bertz CT molecular complexity index is 655. The molecule has 21 heavy (non-hydrogen) atoms. The highest BCUT2D eigenvalue weighted by Crippen LogP contribution is 2.19. The third-order valence-electron chi connectivity index (χ3n) is 2.90. The number of hydrogen-bond donors (Lipinski definition) is 2. The molecule has 1 aromatic rings. The van der Waals surface area contributed by atoms with Gasteiger partial charge in [0.15, 0.2) is 0 Å². The van der Waals surface area contributed by atoms with E-state index >= 15 is 0 Å². The lowest BCUT2D eigenvalue weighted by molar-refractivity contribution is -0.137. The van der Waals surface area contributed by atoms with Crippen molar-refractivity contribution in [2.24, 2.45) is 5.73 Å². The van der Waals surface area contributed by atoms with Gasteiger partial charge in [0.05, 0.1) is 4.90 Å². The standard InChI is InChI=1S/C13H18N2O5S/c1-3-6-15(8-12(16)17)21(19,20)10-5-4-9(2)11(7-10)13(14)18/h4-5,7H,3,6,8H2,1-2H3,(H2,14,18)(H,16,17). The van der Waals surface area contributed by atoms with Crippen LogP contribution in [0, 0.1) is 6.92 Å². The number of carboxylic acids is 1. The predicted octanol–water partition coefficient (Wildman–Crippen LogP) is 0.579. The highest BCUT2D eigenvalue weighted by Gasteiger charge is 2.26. The van der Waals surface area contributed by atoms with E-state index in [4.69, 9.17) is 10.8 Å². The molecule has 0 saturated heterocycles. The molecule has 1 amide bonds. The monoisotopic (exact) mass is 314 g/mol. The first kappa shape index (κ1) is 17.1. The molecule has 0 spiro atoms. The zero-order valence-corrected chi connectivity index (χ0v) is 12.7. The average Bonchev–Trinajstić information content (AvgIpc) is 2.37. The van der Waals surface area contributed by atoms with Crippen molar-refractivity contribution in [1.29, 1.82) is 0 Å². The molecule has 0 heterocycles. The van der Waals surface area contributed by atoms with Gasteiger partial charge in [-0.05, 0) is 31.0 Å². The summed E-state index contributed by atoms with van der Waals surface area (Å²) in [5.41, 5.74) is 5.86. The Labute approximate surface area is 123 Å². The van der Waals surface area contributed by atoms with Crippen molar-refractivity contribution in [3.63, 3.8) is 0 Å². The summed E-state index contributed by atoms with van der Waals surface area (Å²) < 4.78 is 25.8. The Kier molecular flexibility index (Phi) is 5.45. The lowest BCUT2D eigenvalue weighted by Gasteiger charge is -2.20. The van der Waals surface area contributed by atoms with Crippen LogP contribution in [0.4, 0.5) is 0 Å². The fraction of sp³-hybridized carbons (Fsp3) is 0.385. The number of aryl methyl sites for hydroxylation is 1. The van der Waals surface area contributed by atoms with Crippen LogP contribution in [0.5, 0.6) is 0 Å². The second-order valence-corrected chi connectivity index (χ2v) is 6.51. The maximum absolute atomic E-state index is 12.5. The van der Waals surface area contributed by atoms with Crippen molar-refractivity contribution in [2.45, 2.75) is 25.2 Å². The normalized spacial score (nSPS) is 11.6. The van der Waals surface area contributed by atoms with Crippen LogP contribution >= 0.6 is 0 Å². The van der Waals surface area contributed by atoms with Crippen LogP contribution in [0.1, 0.15) is 29.3 Å². The first-order valence-electron chi connectivity index (χ1n) is 6.32. The van der Waals surface area contributed by atoms with Crippen LogP contribution in [0.3, 0.4) is 0 Å². The van der Waals surface area contributed by atoms with Gasteiger partial charge in [-0.15, -0.1) is 0 Å². The molecule has 1 rings (SSSR count). The van der Waals surface area contributed by atoms with Gasteiger partial charge in [0.25, 0.3) is 0 Å². The number of nitrogens with zero attached hydrogens (tertiary/aromatic N) is 1. The number of carboxylic acid groups (broad SMARTS) is 1. The molecule has 1 aromatic carbocycles. The SMILES string of the molecule is CCCN(CC(=O)O)S(=O)(=O)c1ccc(C)c(C(N)=O)c1. The van der Waals surface area contributed by atoms with Crippen LogP contribution < -0.4 is 5.73 Å². The fourth-order valence-corrected chi connectivity index (χ4v) is 3.37. The summed E-state index contributed by atoms with van der Waals surface area (Å²) in [7, 11) is -3.99. The summed E-state index contributed by atoms with van der Waals surface area (Å²) in [5, 5.41) is 8.83. The summed E-state index contributed by atoms with van der Waals surface area (Å²) in [6.07, 6.45) is 0.473. The summed E-state index contributed by atoms with van der Waals surface area (Å²) in [6, 6.07) is 3.98. The second-order valence-electron chi connectivity index (χ2n) is 4.57. The number of carbonyl (C=O) groups is 2. The van der Waals surface area contributed by atoms with Crippen LogP contribution in [0.25, 0.3) is 0 Å². The Balaban J connectivity index is 3.30. The van der Waals surface area contributed by atoms with Crippen LogP contribution in [-0.4, -0.2) is 42.8 Å². The molecule has 3 N–H and O–H groups in total. The average molecular weight is 314 g/mol. The number of primary amides is 1. The van der Waals surface area contributed by atoms with Crippen molar-refractivity contribution in [2.75, 3.05) is 13.1 Å². The van der Waals surface area contributed by atoms with E-state index in [-0.39, 0.29) is 17.0 Å². The summed E-state index contributed by atoms with van der Waals surface area (Å²) in [4.78, 5) is 22.0. The minimum atomic E-state index is -3.99. The molecular formula is C13H18N2O5S. The minimum absolute atomic E-state index is 0.0778. The molecule has 0 atom stereocenters. The zero-order valence-electron chi connectivity index (χ0n) is 11.9. The molecule has 0 aromatic heterocycles. The molecule has 0 unspecified atom stereocenters. The van der Waals surface area contributed by atoms with E-state index in [2.05, 4.69) is 0 Å². The number of hydrogen-bond acceptors (Lipinski definition) is 4. The van der Waals surface area contributed by atoms with Crippen LogP contribution in [0.15, 0.2) is 23.1 Å². The van der Waals surface area contributed by atoms with E-state index in [1.165, 1.54) is 18.2 Å². The molecule has 116 valence electrons. The van der Waals surface area contributed by atoms with Gasteiger partial charge in [0.1, 0.15) is 6.54 Å². The maximum atomic E-state index is 12.5. The topological polar surface area (TPSA) is 118 Å². The molecule has 7 nitrogen and oxygen atoms in total.